The average Bonchev–Trinajstić information content (AvgIpc) is 3.03. The fourth-order valence-corrected chi connectivity index (χ4v) is 5.63. The number of thioether (sulfide) groups is 1. The van der Waals surface area contributed by atoms with Gasteiger partial charge in [-0.3, -0.25) is 19.3 Å². The van der Waals surface area contributed by atoms with Gasteiger partial charge in [-0.15, -0.1) is 0 Å². The summed E-state index contributed by atoms with van der Waals surface area (Å²) in [5, 5.41) is 2.34. The van der Waals surface area contributed by atoms with Crippen LogP contribution in [0.3, 0.4) is 0 Å². The molecular weight excluding hydrogens is 458 g/mol. The molecule has 0 saturated carbocycles. The molecule has 1 N–H and O–H groups in total. The van der Waals surface area contributed by atoms with E-state index in [-0.39, 0.29) is 12.1 Å². The highest BCUT2D eigenvalue weighted by Crippen LogP contribution is 2.41. The van der Waals surface area contributed by atoms with Crippen molar-refractivity contribution in [1.82, 2.24) is 4.90 Å². The standard InChI is InChI=1S/C28H31N3O3S/c1-7-31-23-12-18(3)20(13-21(23)19(4)15-28(31,5)6)14-24-26(33)30(27(34)35-24)16-25(32)29-22-11-9-8-10-17(22)2/h8-15H,7,16H2,1-6H3,(H,29,32)/b24-14+. The molecule has 35 heavy (non-hydrogen) atoms. The number of nitrogens with one attached hydrogen (secondary N) is 1. The van der Waals surface area contributed by atoms with E-state index in [0.717, 1.165) is 45.5 Å². The summed E-state index contributed by atoms with van der Waals surface area (Å²) in [6.07, 6.45) is 4.03. The van der Waals surface area contributed by atoms with Gasteiger partial charge in [0.15, 0.2) is 0 Å². The second-order valence-corrected chi connectivity index (χ2v) is 10.6. The maximum absolute atomic E-state index is 13.0. The molecule has 6 nitrogen and oxygen atoms in total. The highest BCUT2D eigenvalue weighted by atomic mass is 32.2. The van der Waals surface area contributed by atoms with E-state index in [4.69, 9.17) is 0 Å². The number of hydrogen-bond acceptors (Lipinski definition) is 5. The van der Waals surface area contributed by atoms with E-state index < -0.39 is 17.1 Å². The Morgan fingerprint density at radius 2 is 1.80 bits per heavy atom. The Morgan fingerprint density at radius 1 is 1.09 bits per heavy atom. The van der Waals surface area contributed by atoms with Crippen molar-refractivity contribution in [2.24, 2.45) is 0 Å². The van der Waals surface area contributed by atoms with E-state index in [1.807, 2.05) is 32.0 Å². The van der Waals surface area contributed by atoms with E-state index in [1.54, 1.807) is 12.1 Å². The molecule has 1 saturated heterocycles. The van der Waals surface area contributed by atoms with Crippen LogP contribution in [0, 0.1) is 13.8 Å². The molecule has 0 aromatic heterocycles. The quantitative estimate of drug-likeness (QED) is 0.522. The highest BCUT2D eigenvalue weighted by Gasteiger charge is 2.37. The molecule has 0 aliphatic carbocycles. The molecule has 0 unspecified atom stereocenters. The summed E-state index contributed by atoms with van der Waals surface area (Å²) in [7, 11) is 0. The van der Waals surface area contributed by atoms with Gasteiger partial charge in [-0.1, -0.05) is 24.3 Å². The summed E-state index contributed by atoms with van der Waals surface area (Å²) in [5.74, 6) is -0.850. The van der Waals surface area contributed by atoms with Crippen LogP contribution in [0.2, 0.25) is 0 Å². The fourth-order valence-electron chi connectivity index (χ4n) is 4.80. The SMILES string of the molecule is CCN1c2cc(C)c(/C=C3/SC(=O)N(CC(=O)Nc4ccccc4C)C3=O)cc2C(C)=CC1(C)C. The van der Waals surface area contributed by atoms with Crippen molar-refractivity contribution in [3.63, 3.8) is 0 Å². The van der Waals surface area contributed by atoms with Crippen LogP contribution in [0.1, 0.15) is 49.9 Å². The fraction of sp³-hybridized carbons (Fsp3) is 0.321. The van der Waals surface area contributed by atoms with Gasteiger partial charge >= 0.3 is 0 Å². The zero-order chi connectivity index (χ0) is 25.5. The first kappa shape index (κ1) is 24.8. The van der Waals surface area contributed by atoms with E-state index in [1.165, 1.54) is 11.3 Å². The lowest BCUT2D eigenvalue weighted by Gasteiger charge is -2.43. The van der Waals surface area contributed by atoms with Crippen molar-refractivity contribution >= 4 is 51.8 Å². The predicted molar refractivity (Wildman–Crippen MR) is 144 cm³/mol. The van der Waals surface area contributed by atoms with Crippen LogP contribution in [0.4, 0.5) is 16.2 Å². The van der Waals surface area contributed by atoms with Gasteiger partial charge in [-0.05, 0) is 99.8 Å². The van der Waals surface area contributed by atoms with Gasteiger partial charge in [-0.25, -0.2) is 0 Å². The summed E-state index contributed by atoms with van der Waals surface area (Å²) in [6, 6.07) is 11.6. The zero-order valence-corrected chi connectivity index (χ0v) is 21.9. The number of fused-ring (bicyclic) bond motifs is 1. The number of imide groups is 1. The summed E-state index contributed by atoms with van der Waals surface area (Å²) >= 11 is 0.873. The Bertz CT molecular complexity index is 1290. The monoisotopic (exact) mass is 489 g/mol. The van der Waals surface area contributed by atoms with Gasteiger partial charge < -0.3 is 10.2 Å². The second-order valence-electron chi connectivity index (χ2n) is 9.58. The molecule has 2 aliphatic heterocycles. The normalized spacial score (nSPS) is 18.1. The third-order valence-electron chi connectivity index (χ3n) is 6.56. The molecule has 182 valence electrons. The summed E-state index contributed by atoms with van der Waals surface area (Å²) in [4.78, 5) is 41.9. The lowest BCUT2D eigenvalue weighted by Crippen LogP contribution is -2.44. The van der Waals surface area contributed by atoms with Gasteiger partial charge in [0.2, 0.25) is 5.91 Å². The molecule has 1 fully saturated rings. The van der Waals surface area contributed by atoms with E-state index >= 15 is 0 Å². The largest absolute Gasteiger partial charge is 0.363 e. The minimum absolute atomic E-state index is 0.0820. The lowest BCUT2D eigenvalue weighted by atomic mass is 9.87. The number of anilines is 2. The van der Waals surface area contributed by atoms with Crippen molar-refractivity contribution in [1.29, 1.82) is 0 Å². The smallest absolute Gasteiger partial charge is 0.294 e. The molecule has 0 atom stereocenters. The maximum atomic E-state index is 13.0. The summed E-state index contributed by atoms with van der Waals surface area (Å²) in [6.45, 7) is 13.1. The molecule has 7 heteroatoms. The van der Waals surface area contributed by atoms with Crippen LogP contribution >= 0.6 is 11.8 Å². The van der Waals surface area contributed by atoms with Gasteiger partial charge in [0.05, 0.1) is 10.4 Å². The number of amides is 3. The van der Waals surface area contributed by atoms with Crippen molar-refractivity contribution < 1.29 is 14.4 Å². The Balaban J connectivity index is 1.58. The molecule has 0 spiro atoms. The van der Waals surface area contributed by atoms with Crippen molar-refractivity contribution in [2.45, 2.75) is 47.1 Å². The van der Waals surface area contributed by atoms with Gasteiger partial charge in [0, 0.05) is 23.5 Å². The van der Waals surface area contributed by atoms with Gasteiger partial charge in [-0.2, -0.15) is 0 Å². The second kappa shape index (κ2) is 9.38. The molecule has 2 aromatic carbocycles. The first-order chi connectivity index (χ1) is 16.5. The Hall–Kier alpha value is -3.32. The molecule has 0 bridgehead atoms. The Labute approximate surface area is 211 Å². The van der Waals surface area contributed by atoms with Crippen LogP contribution in [-0.2, 0) is 9.59 Å². The van der Waals surface area contributed by atoms with Crippen LogP contribution in [0.25, 0.3) is 11.6 Å². The number of aryl methyl sites for hydroxylation is 2. The topological polar surface area (TPSA) is 69.7 Å². The van der Waals surface area contributed by atoms with E-state index in [2.05, 4.69) is 56.1 Å². The molecule has 4 rings (SSSR count). The van der Waals surface area contributed by atoms with Gasteiger partial charge in [0.1, 0.15) is 6.54 Å². The number of rotatable bonds is 5. The number of allylic oxidation sites excluding steroid dienone is 1. The van der Waals surface area contributed by atoms with Crippen molar-refractivity contribution in [3.8, 4) is 0 Å². The number of hydrogen-bond donors (Lipinski definition) is 1. The minimum Gasteiger partial charge on any atom is -0.363 e. The molecule has 3 amide bonds. The predicted octanol–water partition coefficient (Wildman–Crippen LogP) is 6.00. The lowest BCUT2D eigenvalue weighted by molar-refractivity contribution is -0.127. The first-order valence-electron chi connectivity index (χ1n) is 11.7. The number of carbonyl (C=O) groups excluding carboxylic acids is 3. The number of benzene rings is 2. The van der Waals surface area contributed by atoms with Crippen LogP contribution < -0.4 is 10.2 Å². The number of nitrogens with zero attached hydrogens (tertiary/aromatic N) is 2. The number of carbonyl (C=O) groups is 3. The number of likely N-dealkylation sites (N-methyl/N-ethyl adjacent to an activating group) is 1. The third-order valence-corrected chi connectivity index (χ3v) is 7.47. The third kappa shape index (κ3) is 4.78. The minimum atomic E-state index is -0.444. The van der Waals surface area contributed by atoms with Crippen LogP contribution in [0.15, 0.2) is 47.4 Å². The van der Waals surface area contributed by atoms with Crippen molar-refractivity contribution in [2.75, 3.05) is 23.3 Å². The summed E-state index contributed by atoms with van der Waals surface area (Å²) < 4.78 is 0. The summed E-state index contributed by atoms with van der Waals surface area (Å²) in [5.41, 5.74) is 6.89. The highest BCUT2D eigenvalue weighted by molar-refractivity contribution is 8.18. The maximum Gasteiger partial charge on any atom is 0.294 e. The van der Waals surface area contributed by atoms with Crippen molar-refractivity contribution in [3.05, 3.63) is 69.6 Å². The molecule has 2 aromatic rings. The molecule has 2 aliphatic rings. The van der Waals surface area contributed by atoms with E-state index in [0.29, 0.717) is 10.6 Å². The average molecular weight is 490 g/mol. The molecular formula is C28H31N3O3S. The van der Waals surface area contributed by atoms with Crippen LogP contribution in [-0.4, -0.2) is 40.6 Å². The zero-order valence-electron chi connectivity index (χ0n) is 21.1. The van der Waals surface area contributed by atoms with Crippen LogP contribution in [0.5, 0.6) is 0 Å². The Morgan fingerprint density at radius 3 is 2.49 bits per heavy atom. The molecule has 2 heterocycles. The molecule has 0 radical (unpaired) electrons. The number of para-hydroxylation sites is 1. The van der Waals surface area contributed by atoms with E-state index in [9.17, 15) is 14.4 Å². The van der Waals surface area contributed by atoms with Gasteiger partial charge in [0.25, 0.3) is 11.1 Å². The first-order valence-corrected chi connectivity index (χ1v) is 12.6. The Kier molecular flexibility index (Phi) is 6.64.